The molecule has 1 nitrogen and oxygen atoms in total. The summed E-state index contributed by atoms with van der Waals surface area (Å²) >= 11 is 0. The van der Waals surface area contributed by atoms with Crippen molar-refractivity contribution in [2.75, 3.05) is 6.54 Å². The molecule has 0 saturated heterocycles. The lowest BCUT2D eigenvalue weighted by Gasteiger charge is -2.15. The van der Waals surface area contributed by atoms with E-state index in [1.807, 2.05) is 25.1 Å². The van der Waals surface area contributed by atoms with Gasteiger partial charge >= 0.3 is 0 Å². The molecule has 1 atom stereocenters. The molecule has 0 radical (unpaired) electrons. The van der Waals surface area contributed by atoms with Crippen molar-refractivity contribution in [1.29, 1.82) is 0 Å². The average molecular weight is 293 g/mol. The van der Waals surface area contributed by atoms with Gasteiger partial charge in [0.15, 0.2) is 17.5 Å². The number of hydrogen-bond donors (Lipinski definition) is 1. The third-order valence-electron chi connectivity index (χ3n) is 3.40. The van der Waals surface area contributed by atoms with Crippen molar-refractivity contribution in [3.63, 3.8) is 0 Å². The van der Waals surface area contributed by atoms with Crippen LogP contribution >= 0.6 is 0 Å². The summed E-state index contributed by atoms with van der Waals surface area (Å²) in [6, 6.07) is 9.56. The van der Waals surface area contributed by atoms with Crippen molar-refractivity contribution in [1.82, 2.24) is 5.32 Å². The molecular formula is C17H18F3N. The fourth-order valence-electron chi connectivity index (χ4n) is 2.19. The minimum Gasteiger partial charge on any atom is -0.310 e. The SMILES string of the molecule is CCCNC(C)c1cccc(-c2cc(F)c(F)c(F)c2)c1. The summed E-state index contributed by atoms with van der Waals surface area (Å²) in [6.45, 7) is 5.01. The summed E-state index contributed by atoms with van der Waals surface area (Å²) in [7, 11) is 0. The molecule has 0 aliphatic carbocycles. The van der Waals surface area contributed by atoms with Gasteiger partial charge in [0.1, 0.15) is 0 Å². The van der Waals surface area contributed by atoms with E-state index in [0.717, 1.165) is 30.7 Å². The zero-order valence-electron chi connectivity index (χ0n) is 12.1. The van der Waals surface area contributed by atoms with Crippen molar-refractivity contribution in [3.8, 4) is 11.1 Å². The van der Waals surface area contributed by atoms with Gasteiger partial charge in [0.05, 0.1) is 0 Å². The van der Waals surface area contributed by atoms with E-state index in [9.17, 15) is 13.2 Å². The van der Waals surface area contributed by atoms with Crippen molar-refractivity contribution < 1.29 is 13.2 Å². The summed E-state index contributed by atoms with van der Waals surface area (Å²) in [5.41, 5.74) is 2.01. The fraction of sp³-hybridized carbons (Fsp3) is 0.294. The minimum atomic E-state index is -1.44. The molecule has 0 aromatic heterocycles. The van der Waals surface area contributed by atoms with E-state index in [0.29, 0.717) is 11.1 Å². The molecule has 4 heteroatoms. The Bertz CT molecular complexity index is 602. The number of halogens is 3. The van der Waals surface area contributed by atoms with E-state index < -0.39 is 17.5 Å². The summed E-state index contributed by atoms with van der Waals surface area (Å²) in [5.74, 6) is -3.78. The number of nitrogens with one attached hydrogen (secondary N) is 1. The van der Waals surface area contributed by atoms with Crippen LogP contribution < -0.4 is 5.32 Å². The third-order valence-corrected chi connectivity index (χ3v) is 3.40. The van der Waals surface area contributed by atoms with Crippen molar-refractivity contribution in [2.45, 2.75) is 26.3 Å². The quantitative estimate of drug-likeness (QED) is 0.778. The van der Waals surface area contributed by atoms with Gasteiger partial charge in [-0.05, 0) is 54.8 Å². The molecule has 0 spiro atoms. The van der Waals surface area contributed by atoms with Crippen LogP contribution in [0.5, 0.6) is 0 Å². The maximum absolute atomic E-state index is 13.3. The first-order chi connectivity index (χ1) is 10.0. The molecule has 0 aliphatic heterocycles. The summed E-state index contributed by atoms with van der Waals surface area (Å²) in [5, 5.41) is 3.35. The van der Waals surface area contributed by atoms with E-state index in [-0.39, 0.29) is 6.04 Å². The highest BCUT2D eigenvalue weighted by molar-refractivity contribution is 5.64. The van der Waals surface area contributed by atoms with Crippen LogP contribution in [-0.4, -0.2) is 6.54 Å². The molecular weight excluding hydrogens is 275 g/mol. The van der Waals surface area contributed by atoms with Crippen LogP contribution in [0.2, 0.25) is 0 Å². The normalized spacial score (nSPS) is 12.4. The van der Waals surface area contributed by atoms with Gasteiger partial charge in [0.25, 0.3) is 0 Å². The van der Waals surface area contributed by atoms with Crippen molar-refractivity contribution in [2.24, 2.45) is 0 Å². The molecule has 112 valence electrons. The fourth-order valence-corrected chi connectivity index (χ4v) is 2.19. The molecule has 1 N–H and O–H groups in total. The molecule has 2 aromatic rings. The summed E-state index contributed by atoms with van der Waals surface area (Å²) in [4.78, 5) is 0. The molecule has 0 bridgehead atoms. The van der Waals surface area contributed by atoms with Crippen LogP contribution in [0.3, 0.4) is 0 Å². The Morgan fingerprint density at radius 1 is 1.00 bits per heavy atom. The number of rotatable bonds is 5. The van der Waals surface area contributed by atoms with E-state index in [1.54, 1.807) is 6.07 Å². The summed E-state index contributed by atoms with van der Waals surface area (Å²) < 4.78 is 39.7. The first-order valence-electron chi connectivity index (χ1n) is 7.01. The molecule has 0 aliphatic rings. The van der Waals surface area contributed by atoms with Gasteiger partial charge in [-0.1, -0.05) is 25.1 Å². The maximum atomic E-state index is 13.3. The van der Waals surface area contributed by atoms with E-state index in [1.165, 1.54) is 0 Å². The molecule has 0 saturated carbocycles. The Morgan fingerprint density at radius 2 is 1.67 bits per heavy atom. The highest BCUT2D eigenvalue weighted by Gasteiger charge is 2.12. The second kappa shape index (κ2) is 6.76. The Balaban J connectivity index is 2.33. The van der Waals surface area contributed by atoms with Gasteiger partial charge in [-0.25, -0.2) is 13.2 Å². The topological polar surface area (TPSA) is 12.0 Å². The zero-order chi connectivity index (χ0) is 15.4. The maximum Gasteiger partial charge on any atom is 0.194 e. The average Bonchev–Trinajstić information content (AvgIpc) is 2.49. The highest BCUT2D eigenvalue weighted by atomic mass is 19.2. The van der Waals surface area contributed by atoms with Crippen LogP contribution in [-0.2, 0) is 0 Å². The van der Waals surface area contributed by atoms with Crippen LogP contribution in [0.15, 0.2) is 36.4 Å². The predicted molar refractivity (Wildman–Crippen MR) is 78.5 cm³/mol. The molecule has 2 rings (SSSR count). The van der Waals surface area contributed by atoms with E-state index >= 15 is 0 Å². The molecule has 0 fully saturated rings. The van der Waals surface area contributed by atoms with Gasteiger partial charge in [-0.15, -0.1) is 0 Å². The summed E-state index contributed by atoms with van der Waals surface area (Å²) in [6.07, 6.45) is 1.03. The highest BCUT2D eigenvalue weighted by Crippen LogP contribution is 2.26. The Kier molecular flexibility index (Phi) is 5.02. The second-order valence-electron chi connectivity index (χ2n) is 5.06. The minimum absolute atomic E-state index is 0.139. The Morgan fingerprint density at radius 3 is 2.29 bits per heavy atom. The zero-order valence-corrected chi connectivity index (χ0v) is 12.1. The van der Waals surface area contributed by atoms with Crippen molar-refractivity contribution in [3.05, 3.63) is 59.4 Å². The lowest BCUT2D eigenvalue weighted by molar-refractivity contribution is 0.447. The Labute approximate surface area is 122 Å². The predicted octanol–water partition coefficient (Wildman–Crippen LogP) is 4.83. The van der Waals surface area contributed by atoms with Crippen LogP contribution in [0.4, 0.5) is 13.2 Å². The van der Waals surface area contributed by atoms with Crippen LogP contribution in [0, 0.1) is 17.5 Å². The lowest BCUT2D eigenvalue weighted by atomic mass is 10.00. The van der Waals surface area contributed by atoms with Gasteiger partial charge in [-0.3, -0.25) is 0 Å². The second-order valence-corrected chi connectivity index (χ2v) is 5.06. The monoisotopic (exact) mass is 293 g/mol. The van der Waals surface area contributed by atoms with Gasteiger partial charge in [0, 0.05) is 6.04 Å². The number of benzene rings is 2. The molecule has 1 unspecified atom stereocenters. The van der Waals surface area contributed by atoms with Crippen LogP contribution in [0.1, 0.15) is 31.9 Å². The van der Waals surface area contributed by atoms with Crippen LogP contribution in [0.25, 0.3) is 11.1 Å². The first-order valence-corrected chi connectivity index (χ1v) is 7.01. The molecule has 2 aromatic carbocycles. The van der Waals surface area contributed by atoms with Gasteiger partial charge < -0.3 is 5.32 Å². The smallest absolute Gasteiger partial charge is 0.194 e. The lowest BCUT2D eigenvalue weighted by Crippen LogP contribution is -2.19. The Hall–Kier alpha value is -1.81. The number of hydrogen-bond acceptors (Lipinski definition) is 1. The molecule has 0 amide bonds. The van der Waals surface area contributed by atoms with Gasteiger partial charge in [0.2, 0.25) is 0 Å². The molecule has 0 heterocycles. The van der Waals surface area contributed by atoms with E-state index in [4.69, 9.17) is 0 Å². The largest absolute Gasteiger partial charge is 0.310 e. The first kappa shape index (κ1) is 15.6. The van der Waals surface area contributed by atoms with Crippen molar-refractivity contribution >= 4 is 0 Å². The van der Waals surface area contributed by atoms with Gasteiger partial charge in [-0.2, -0.15) is 0 Å². The third kappa shape index (κ3) is 3.64. The van der Waals surface area contributed by atoms with E-state index in [2.05, 4.69) is 12.2 Å². The standard InChI is InChI=1S/C17H18F3N/c1-3-7-21-11(2)12-5-4-6-13(8-12)14-9-15(18)17(20)16(19)10-14/h4-6,8-11,21H,3,7H2,1-2H3. The molecule has 21 heavy (non-hydrogen) atoms.